The topological polar surface area (TPSA) is 118 Å². The van der Waals surface area contributed by atoms with Gasteiger partial charge in [0.05, 0.1) is 12.3 Å². The largest absolute Gasteiger partial charge is 0.383 e. The van der Waals surface area contributed by atoms with Crippen LogP contribution < -0.4 is 21.1 Å². The second-order valence-corrected chi connectivity index (χ2v) is 9.33. The molecule has 1 fully saturated rings. The molecule has 4 aromatic rings. The standard InChI is InChI=1S/C28H28F2N8O3/c1-3-24(39)33-18-5-4-6-20(13-18)38-17-32-27(40)21-16-31-28(35-26(21)38)34-19-14-22(29)25(23(30)15-19)37-9-7-36(8-10-37)11-12-41-2/h3-6,13-17H,1,7-12H2,2H3,(H,33,39)(H,31,34,35). The van der Waals surface area contributed by atoms with Crippen molar-refractivity contribution in [3.05, 3.63) is 83.6 Å². The normalized spacial score (nSPS) is 13.8. The van der Waals surface area contributed by atoms with E-state index in [0.717, 1.165) is 12.6 Å². The van der Waals surface area contributed by atoms with Gasteiger partial charge in [0.2, 0.25) is 11.9 Å². The molecular weight excluding hydrogens is 534 g/mol. The lowest BCUT2D eigenvalue weighted by atomic mass is 10.2. The number of carbonyl (C=O) groups is 1. The molecule has 1 saturated heterocycles. The van der Waals surface area contributed by atoms with E-state index in [-0.39, 0.29) is 34.3 Å². The number of fused-ring (bicyclic) bond motifs is 1. The molecule has 11 nitrogen and oxygen atoms in total. The van der Waals surface area contributed by atoms with Gasteiger partial charge in [-0.15, -0.1) is 0 Å². The van der Waals surface area contributed by atoms with Crippen LogP contribution in [0.3, 0.4) is 0 Å². The Bertz CT molecular complexity index is 1630. The molecule has 0 bridgehead atoms. The van der Waals surface area contributed by atoms with Crippen molar-refractivity contribution in [1.29, 1.82) is 0 Å². The Morgan fingerprint density at radius 3 is 2.56 bits per heavy atom. The summed E-state index contributed by atoms with van der Waals surface area (Å²) >= 11 is 0. The van der Waals surface area contributed by atoms with Gasteiger partial charge in [0, 0.05) is 57.4 Å². The summed E-state index contributed by atoms with van der Waals surface area (Å²) < 4.78 is 37.0. The van der Waals surface area contributed by atoms with E-state index >= 15 is 8.78 Å². The number of amides is 1. The fourth-order valence-corrected chi connectivity index (χ4v) is 4.60. The predicted molar refractivity (Wildman–Crippen MR) is 152 cm³/mol. The van der Waals surface area contributed by atoms with Gasteiger partial charge in [-0.05, 0) is 36.4 Å². The zero-order valence-corrected chi connectivity index (χ0v) is 22.3. The van der Waals surface area contributed by atoms with Crippen molar-refractivity contribution in [1.82, 2.24) is 24.4 Å². The van der Waals surface area contributed by atoms with Gasteiger partial charge in [0.15, 0.2) is 17.3 Å². The number of aromatic nitrogens is 4. The van der Waals surface area contributed by atoms with Crippen molar-refractivity contribution in [3.8, 4) is 5.69 Å². The molecule has 2 aromatic carbocycles. The first kappa shape index (κ1) is 27.8. The Labute approximate surface area is 234 Å². The molecule has 13 heteroatoms. The summed E-state index contributed by atoms with van der Waals surface area (Å²) in [5, 5.41) is 5.64. The van der Waals surface area contributed by atoms with Crippen molar-refractivity contribution in [2.24, 2.45) is 0 Å². The fourth-order valence-electron chi connectivity index (χ4n) is 4.60. The quantitative estimate of drug-likeness (QED) is 0.297. The Balaban J connectivity index is 1.41. The van der Waals surface area contributed by atoms with Gasteiger partial charge in [0.1, 0.15) is 17.4 Å². The van der Waals surface area contributed by atoms with Crippen molar-refractivity contribution in [3.63, 3.8) is 0 Å². The fraction of sp³-hybridized carbons (Fsp3) is 0.250. The van der Waals surface area contributed by atoms with Crippen LogP contribution in [0.2, 0.25) is 0 Å². The van der Waals surface area contributed by atoms with Crippen molar-refractivity contribution >= 4 is 40.0 Å². The highest BCUT2D eigenvalue weighted by Crippen LogP contribution is 2.29. The smallest absolute Gasteiger partial charge is 0.283 e. The van der Waals surface area contributed by atoms with Gasteiger partial charge in [-0.2, -0.15) is 9.97 Å². The minimum Gasteiger partial charge on any atom is -0.383 e. The third-order valence-electron chi connectivity index (χ3n) is 6.67. The summed E-state index contributed by atoms with van der Waals surface area (Å²) in [6.45, 7) is 7.14. The lowest BCUT2D eigenvalue weighted by molar-refractivity contribution is -0.111. The highest BCUT2D eigenvalue weighted by Gasteiger charge is 2.23. The number of hydrogen-bond acceptors (Lipinski definition) is 9. The molecule has 2 N–H and O–H groups in total. The summed E-state index contributed by atoms with van der Waals surface area (Å²) in [4.78, 5) is 40.5. The van der Waals surface area contributed by atoms with Crippen molar-refractivity contribution < 1.29 is 18.3 Å². The highest BCUT2D eigenvalue weighted by atomic mass is 19.1. The lowest BCUT2D eigenvalue weighted by Gasteiger charge is -2.36. The number of nitrogens with one attached hydrogen (secondary N) is 2. The van der Waals surface area contributed by atoms with Crippen LogP contribution in [0.25, 0.3) is 16.7 Å². The number of anilines is 4. The third-order valence-corrected chi connectivity index (χ3v) is 6.67. The van der Waals surface area contributed by atoms with Gasteiger partial charge < -0.3 is 20.3 Å². The van der Waals surface area contributed by atoms with Crippen LogP contribution in [0.5, 0.6) is 0 Å². The Kier molecular flexibility index (Phi) is 8.26. The van der Waals surface area contributed by atoms with Crippen LogP contribution in [-0.2, 0) is 9.53 Å². The van der Waals surface area contributed by atoms with E-state index in [2.05, 4.69) is 37.1 Å². The molecule has 0 saturated carbocycles. The highest BCUT2D eigenvalue weighted by molar-refractivity contribution is 5.99. The molecule has 0 atom stereocenters. The molecule has 5 rings (SSSR count). The molecule has 1 amide bonds. The first-order valence-corrected chi connectivity index (χ1v) is 12.9. The van der Waals surface area contributed by atoms with E-state index in [1.165, 1.54) is 24.7 Å². The van der Waals surface area contributed by atoms with Gasteiger partial charge >= 0.3 is 0 Å². The van der Waals surface area contributed by atoms with Crippen LogP contribution >= 0.6 is 0 Å². The Hall–Kier alpha value is -4.75. The molecule has 41 heavy (non-hydrogen) atoms. The van der Waals surface area contributed by atoms with E-state index in [0.29, 0.717) is 44.2 Å². The number of rotatable bonds is 9. The predicted octanol–water partition coefficient (Wildman–Crippen LogP) is 3.09. The van der Waals surface area contributed by atoms with Crippen molar-refractivity contribution in [2.45, 2.75) is 0 Å². The molecule has 0 unspecified atom stereocenters. The number of piperazine rings is 1. The van der Waals surface area contributed by atoms with Crippen LogP contribution in [-0.4, -0.2) is 76.8 Å². The first-order chi connectivity index (χ1) is 19.9. The molecule has 0 aliphatic carbocycles. The second kappa shape index (κ2) is 12.2. The minimum absolute atomic E-state index is 0.0197. The summed E-state index contributed by atoms with van der Waals surface area (Å²) in [5.74, 6) is -1.78. The monoisotopic (exact) mass is 562 g/mol. The molecule has 212 valence electrons. The molecule has 1 aliphatic rings. The van der Waals surface area contributed by atoms with E-state index in [9.17, 15) is 9.59 Å². The average molecular weight is 563 g/mol. The number of ether oxygens (including phenoxy) is 1. The molecule has 0 spiro atoms. The average Bonchev–Trinajstić information content (AvgIpc) is 2.96. The van der Waals surface area contributed by atoms with Crippen LogP contribution in [0.4, 0.5) is 31.8 Å². The molecule has 2 aromatic heterocycles. The first-order valence-electron chi connectivity index (χ1n) is 12.9. The zero-order chi connectivity index (χ0) is 28.9. The lowest BCUT2D eigenvalue weighted by Crippen LogP contribution is -2.47. The van der Waals surface area contributed by atoms with Crippen LogP contribution in [0.15, 0.2) is 66.4 Å². The SMILES string of the molecule is C=CC(=O)Nc1cccc(-n2cnc(=O)c3cnc(Nc4cc(F)c(N5CCN(CCOC)CC5)c(F)c4)nc32)c1. The molecular formula is C28H28F2N8O3. The molecule has 3 heterocycles. The van der Waals surface area contributed by atoms with E-state index in [1.54, 1.807) is 40.8 Å². The van der Waals surface area contributed by atoms with Crippen LogP contribution in [0.1, 0.15) is 0 Å². The summed E-state index contributed by atoms with van der Waals surface area (Å²) in [7, 11) is 1.64. The summed E-state index contributed by atoms with van der Waals surface area (Å²) in [5.41, 5.74) is 0.747. The van der Waals surface area contributed by atoms with Gasteiger partial charge in [-0.3, -0.25) is 19.1 Å². The maximum Gasteiger partial charge on any atom is 0.283 e. The van der Waals surface area contributed by atoms with E-state index in [1.807, 2.05) is 0 Å². The van der Waals surface area contributed by atoms with Gasteiger partial charge in [0.25, 0.3) is 5.56 Å². The molecule has 1 aliphatic heterocycles. The summed E-state index contributed by atoms with van der Waals surface area (Å²) in [6.07, 6.45) is 3.75. The zero-order valence-electron chi connectivity index (χ0n) is 22.3. The van der Waals surface area contributed by atoms with Gasteiger partial charge in [-0.1, -0.05) is 12.6 Å². The number of carbonyl (C=O) groups excluding carboxylic acids is 1. The number of benzene rings is 2. The van der Waals surface area contributed by atoms with Gasteiger partial charge in [-0.25, -0.2) is 13.8 Å². The Morgan fingerprint density at radius 2 is 1.85 bits per heavy atom. The number of hydrogen-bond donors (Lipinski definition) is 2. The maximum absolute atomic E-state index is 15.2. The Morgan fingerprint density at radius 1 is 1.10 bits per heavy atom. The number of methoxy groups -OCH3 is 1. The second-order valence-electron chi connectivity index (χ2n) is 9.33. The number of halogens is 2. The third kappa shape index (κ3) is 6.21. The maximum atomic E-state index is 15.2. The number of nitrogens with zero attached hydrogens (tertiary/aromatic N) is 6. The van der Waals surface area contributed by atoms with Crippen molar-refractivity contribution in [2.75, 3.05) is 62.0 Å². The summed E-state index contributed by atoms with van der Waals surface area (Å²) in [6, 6.07) is 9.20. The minimum atomic E-state index is -0.710. The van der Waals surface area contributed by atoms with E-state index < -0.39 is 17.2 Å². The van der Waals surface area contributed by atoms with E-state index in [4.69, 9.17) is 4.74 Å². The van der Waals surface area contributed by atoms with Crippen LogP contribution in [0, 0.1) is 11.6 Å². The molecule has 0 radical (unpaired) electrons.